The lowest BCUT2D eigenvalue weighted by Gasteiger charge is -2.27. The van der Waals surface area contributed by atoms with E-state index in [2.05, 4.69) is 292 Å². The summed E-state index contributed by atoms with van der Waals surface area (Å²) in [5.74, 6) is 5.38. The molecule has 0 N–H and O–H groups in total. The van der Waals surface area contributed by atoms with Gasteiger partial charge in [0.05, 0.1) is 59.3 Å². The van der Waals surface area contributed by atoms with E-state index in [0.717, 1.165) is 61.6 Å². The van der Waals surface area contributed by atoms with Gasteiger partial charge in [-0.25, -0.2) is 4.98 Å². The maximum absolute atomic E-state index is 5.45. The van der Waals surface area contributed by atoms with E-state index >= 15 is 0 Å². The van der Waals surface area contributed by atoms with Crippen LogP contribution in [-0.4, -0.2) is 127 Å². The molecule has 0 aliphatic carbocycles. The van der Waals surface area contributed by atoms with Crippen LogP contribution in [0.3, 0.4) is 0 Å². The normalized spacial score (nSPS) is 14.9. The van der Waals surface area contributed by atoms with Crippen molar-refractivity contribution >= 4 is 85.3 Å². The Balaban J connectivity index is 0.000000116. The predicted molar refractivity (Wildman–Crippen MR) is 443 cm³/mol. The topological polar surface area (TPSA) is 76.4 Å². The van der Waals surface area contributed by atoms with Crippen molar-refractivity contribution in [3.63, 3.8) is 0 Å². The first kappa shape index (κ1) is 75.2. The third-order valence-electron chi connectivity index (χ3n) is 19.1. The molecular weight excluding hydrogens is 1320 g/mol. The second kappa shape index (κ2) is 38.0. The molecule has 0 saturated carbocycles. The van der Waals surface area contributed by atoms with Crippen LogP contribution in [-0.2, 0) is 57.1 Å². The van der Waals surface area contributed by atoms with Gasteiger partial charge in [0, 0.05) is 140 Å². The van der Waals surface area contributed by atoms with Crippen LogP contribution in [0.1, 0.15) is 39.8 Å². The van der Waals surface area contributed by atoms with Crippen LogP contribution in [0.25, 0.3) is 21.9 Å². The third-order valence-corrected chi connectivity index (χ3v) is 21.4. The number of para-hydroxylation sites is 12. The number of thioether (sulfide) groups is 2. The number of fused-ring (bicyclic) bond motifs is 10. The van der Waals surface area contributed by atoms with Gasteiger partial charge in [0.1, 0.15) is 24.8 Å². The number of hydrogen-bond acceptors (Lipinski definition) is 14. The van der Waals surface area contributed by atoms with Gasteiger partial charge in [0.25, 0.3) is 0 Å². The average Bonchev–Trinajstić information content (AvgIpc) is 1.66. The van der Waals surface area contributed by atoms with Gasteiger partial charge in [-0.1, -0.05) is 164 Å². The van der Waals surface area contributed by atoms with Gasteiger partial charge in [0.15, 0.2) is 6.73 Å². The molecule has 0 fully saturated rings. The average molecular weight is 1430 g/mol. The molecule has 20 rings (SSSR count). The number of benzene rings is 10. The van der Waals surface area contributed by atoms with Gasteiger partial charge < -0.3 is 57.6 Å². The van der Waals surface area contributed by atoms with E-state index in [4.69, 9.17) is 14.2 Å². The van der Waals surface area contributed by atoms with Crippen LogP contribution in [0.15, 0.2) is 266 Å². The second-order valence-corrected chi connectivity index (χ2v) is 28.9. The number of rotatable bonds is 0. The van der Waals surface area contributed by atoms with Crippen molar-refractivity contribution in [3.8, 4) is 11.5 Å². The van der Waals surface area contributed by atoms with Gasteiger partial charge in [-0.15, -0.1) is 23.5 Å². The number of ether oxygens (including phenoxy) is 3. The van der Waals surface area contributed by atoms with Crippen LogP contribution >= 0.6 is 23.5 Å². The number of nitrogens with zero attached hydrogens (tertiary/aromatic N) is 11. The molecule has 14 nitrogen and oxygen atoms in total. The highest BCUT2D eigenvalue weighted by atomic mass is 32.2. The summed E-state index contributed by atoms with van der Waals surface area (Å²) in [6.45, 7) is 8.55. The maximum Gasteiger partial charge on any atom is 0.161 e. The molecule has 0 amide bonds. The molecule has 0 atom stereocenters. The van der Waals surface area contributed by atoms with Crippen molar-refractivity contribution in [2.45, 2.75) is 49.6 Å². The summed E-state index contributed by atoms with van der Waals surface area (Å²) in [6, 6.07) is 86.0. The monoisotopic (exact) mass is 1430 g/mol. The number of likely N-dealkylation sites (N-methyl/N-ethyl adjacent to an activating group) is 2. The van der Waals surface area contributed by atoms with Crippen LogP contribution in [0.4, 0.5) is 39.8 Å². The fourth-order valence-corrected chi connectivity index (χ4v) is 15.3. The Hall–Kier alpha value is -9.97. The lowest BCUT2D eigenvalue weighted by atomic mass is 10.0. The van der Waals surface area contributed by atoms with Crippen molar-refractivity contribution in [2.75, 3.05) is 142 Å². The molecule has 104 heavy (non-hydrogen) atoms. The fraction of sp³-hybridized carbons (Fsp3) is 0.284. The summed E-state index contributed by atoms with van der Waals surface area (Å²) in [5, 5.41) is 1.31. The molecule has 10 heterocycles. The van der Waals surface area contributed by atoms with Gasteiger partial charge in [0.2, 0.25) is 0 Å². The highest BCUT2D eigenvalue weighted by molar-refractivity contribution is 8.00. The Morgan fingerprint density at radius 1 is 0.356 bits per heavy atom. The lowest BCUT2D eigenvalue weighted by Crippen LogP contribution is -2.28. The maximum atomic E-state index is 5.45. The molecule has 2 aromatic heterocycles. The van der Waals surface area contributed by atoms with Crippen molar-refractivity contribution in [1.82, 2.24) is 19.0 Å². The number of imidazole rings is 1. The van der Waals surface area contributed by atoms with Gasteiger partial charge in [-0.05, 0) is 144 Å². The highest BCUT2D eigenvalue weighted by Gasteiger charge is 2.19. The van der Waals surface area contributed by atoms with Crippen molar-refractivity contribution in [2.24, 2.45) is 14.1 Å². The quantitative estimate of drug-likeness (QED) is 0.145. The predicted octanol–water partition coefficient (Wildman–Crippen LogP) is 18.2. The lowest BCUT2D eigenvalue weighted by molar-refractivity contribution is 0.113. The Labute approximate surface area is 626 Å². The number of anilines is 7. The summed E-state index contributed by atoms with van der Waals surface area (Å²) in [6.07, 6.45) is 7.66. The molecule has 0 bridgehead atoms. The number of aryl methyl sites for hydroxylation is 3. The summed E-state index contributed by atoms with van der Waals surface area (Å²) >= 11 is 3.87. The molecule has 10 aromatic carbocycles. The van der Waals surface area contributed by atoms with Gasteiger partial charge in [-0.3, -0.25) is 4.90 Å². The van der Waals surface area contributed by atoms with Crippen molar-refractivity contribution in [1.29, 1.82) is 0 Å². The largest absolute Gasteiger partial charge is 0.490 e. The minimum absolute atomic E-state index is 0.680. The summed E-state index contributed by atoms with van der Waals surface area (Å²) < 4.78 is 20.3. The van der Waals surface area contributed by atoms with E-state index < -0.39 is 0 Å². The van der Waals surface area contributed by atoms with E-state index in [1.54, 1.807) is 0 Å². The summed E-state index contributed by atoms with van der Waals surface area (Å²) in [5.41, 5.74) is 21.5. The Kier molecular flexibility index (Phi) is 27.5. The molecule has 12 aromatic rings. The van der Waals surface area contributed by atoms with Crippen LogP contribution < -0.4 is 43.8 Å². The van der Waals surface area contributed by atoms with Gasteiger partial charge in [-0.2, -0.15) is 0 Å². The molecule has 0 radical (unpaired) electrons. The van der Waals surface area contributed by atoms with Crippen LogP contribution in [0.2, 0.25) is 0 Å². The van der Waals surface area contributed by atoms with Crippen molar-refractivity contribution < 1.29 is 14.2 Å². The zero-order valence-corrected chi connectivity index (χ0v) is 64.0. The molecule has 8 aliphatic rings. The van der Waals surface area contributed by atoms with E-state index in [9.17, 15) is 0 Å². The molecule has 16 heteroatoms. The van der Waals surface area contributed by atoms with E-state index in [1.807, 2.05) is 116 Å². The Bertz CT molecular complexity index is 4190. The zero-order valence-electron chi connectivity index (χ0n) is 62.4. The third kappa shape index (κ3) is 20.5. The zero-order chi connectivity index (χ0) is 72.6. The summed E-state index contributed by atoms with van der Waals surface area (Å²) in [7, 11) is 20.9. The smallest absolute Gasteiger partial charge is 0.161 e. The molecular formula is C88H103N11O3S2. The fourth-order valence-electron chi connectivity index (χ4n) is 13.3. The van der Waals surface area contributed by atoms with Crippen LogP contribution in [0.5, 0.6) is 11.5 Å². The highest BCUT2D eigenvalue weighted by Crippen LogP contribution is 2.37. The van der Waals surface area contributed by atoms with E-state index in [1.165, 1.54) is 133 Å². The second-order valence-electron chi connectivity index (χ2n) is 26.9. The molecule has 0 unspecified atom stereocenters. The molecule has 8 aliphatic heterocycles. The molecule has 0 saturated heterocycles. The molecule has 540 valence electrons. The van der Waals surface area contributed by atoms with Gasteiger partial charge >= 0.3 is 0 Å². The van der Waals surface area contributed by atoms with Crippen LogP contribution in [0, 0.1) is 0 Å². The molecule has 0 spiro atoms. The summed E-state index contributed by atoms with van der Waals surface area (Å²) in [4.78, 5) is 23.5. The van der Waals surface area contributed by atoms with E-state index in [-0.39, 0.29) is 0 Å². The Morgan fingerprint density at radius 3 is 1.44 bits per heavy atom. The standard InChI is InChI=1S/C10H13N.2C9H11NO.C9H11NS.2C9H11N.C9H9N.C8H8N2.C8H9NO.C8H9NS/c1-11-8-4-6-9-5-2-3-7-10(9)11;1-10-7-11-6-8-4-2-3-5-9(8)10;1-10-6-7-11-9-5-3-2-4-8(9)10;1-10-7-11-6-8-4-2-3-5-9(8)10;1-10-6-8-4-2-3-5-9(8)7-10;2*1-10-7-6-8-4-2-3-5-9(8)10;1-10-6-9-7-4-2-3-5-8(7)10;2*1-9-6-10-8-5-3-2-4-7(8)9/h2-3,5,7H,4,6,8H2,1H3;3*2-5H,6-7H2,1H3;2*2-5H,6-7H2,1H3;2-7H,1H3;2-6H,1H3;2*2-5H,6H2,1H3. The van der Waals surface area contributed by atoms with Crippen molar-refractivity contribution in [3.05, 3.63) is 295 Å². The minimum atomic E-state index is 0.680. The minimum Gasteiger partial charge on any atom is -0.490 e. The number of hydrogen-bond donors (Lipinski definition) is 0. The first-order chi connectivity index (χ1) is 50.8. The SMILES string of the molecule is CN1CCCc2ccccc21.CN1CCOc2ccccc21.CN1CCc2ccccc21.CN1COCc2ccccc21.CN1COc2ccccc21.CN1CSCc2ccccc21.CN1CSc2ccccc21.CN1Cc2ccccc2C1.Cn1ccc2ccccc21.Cn1cnc2ccccc21. The number of aromatic nitrogens is 3. The Morgan fingerprint density at radius 2 is 0.837 bits per heavy atom. The first-order valence-corrected chi connectivity index (χ1v) is 38.1. The first-order valence-electron chi connectivity index (χ1n) is 36.0. The van der Waals surface area contributed by atoms with E-state index in [0.29, 0.717) is 13.5 Å².